The highest BCUT2D eigenvalue weighted by Crippen LogP contribution is 2.34. The van der Waals surface area contributed by atoms with Crippen LogP contribution in [0.15, 0.2) is 24.3 Å². The third kappa shape index (κ3) is 3.93. The van der Waals surface area contributed by atoms with Gasteiger partial charge >= 0.3 is 6.03 Å². The molecule has 3 heterocycles. The molecule has 1 aromatic carbocycles. The van der Waals surface area contributed by atoms with Gasteiger partial charge in [-0.25, -0.2) is 4.79 Å². The maximum Gasteiger partial charge on any atom is 0.327 e. The zero-order valence-corrected chi connectivity index (χ0v) is 18.4. The highest BCUT2D eigenvalue weighted by Gasteiger charge is 2.51. The van der Waals surface area contributed by atoms with E-state index in [0.29, 0.717) is 5.75 Å². The SMILES string of the molecule is Cc1ccc(C2NC(SCC(=O)N3CCCC3)C3C(=O)N(C)C(=O)N(C)C3N2)cc1. The lowest BCUT2D eigenvalue weighted by Gasteiger charge is -2.50. The van der Waals surface area contributed by atoms with Crippen molar-refractivity contribution in [3.05, 3.63) is 35.4 Å². The molecule has 3 saturated heterocycles. The fourth-order valence-corrected chi connectivity index (χ4v) is 5.58. The number of likely N-dealkylation sites (tertiary alicyclic amines) is 1. The lowest BCUT2D eigenvalue weighted by molar-refractivity contribution is -0.140. The Balaban J connectivity index is 1.56. The summed E-state index contributed by atoms with van der Waals surface area (Å²) in [4.78, 5) is 42.8. The van der Waals surface area contributed by atoms with E-state index in [9.17, 15) is 14.4 Å². The summed E-state index contributed by atoms with van der Waals surface area (Å²) in [5, 5.41) is 6.66. The Morgan fingerprint density at radius 3 is 2.43 bits per heavy atom. The summed E-state index contributed by atoms with van der Waals surface area (Å²) in [6.45, 7) is 3.66. The summed E-state index contributed by atoms with van der Waals surface area (Å²) < 4.78 is 0. The van der Waals surface area contributed by atoms with Gasteiger partial charge in [0.2, 0.25) is 11.8 Å². The molecule has 4 atom stereocenters. The largest absolute Gasteiger partial charge is 0.342 e. The van der Waals surface area contributed by atoms with Gasteiger partial charge in [-0.1, -0.05) is 29.8 Å². The van der Waals surface area contributed by atoms with Crippen LogP contribution in [0.2, 0.25) is 0 Å². The Kier molecular flexibility index (Phi) is 6.04. The maximum atomic E-state index is 13.0. The van der Waals surface area contributed by atoms with Crippen molar-refractivity contribution in [3.8, 4) is 0 Å². The Bertz CT molecular complexity index is 826. The van der Waals surface area contributed by atoms with Gasteiger partial charge in [-0.3, -0.25) is 25.1 Å². The third-order valence-electron chi connectivity index (χ3n) is 6.21. The number of urea groups is 1. The van der Waals surface area contributed by atoms with Crippen molar-refractivity contribution in [2.75, 3.05) is 32.9 Å². The molecule has 1 aromatic rings. The number of fused-ring (bicyclic) bond motifs is 1. The van der Waals surface area contributed by atoms with Crippen LogP contribution >= 0.6 is 11.8 Å². The second kappa shape index (κ2) is 8.56. The van der Waals surface area contributed by atoms with Gasteiger partial charge < -0.3 is 9.80 Å². The first-order valence-electron chi connectivity index (χ1n) is 10.4. The molecule has 4 amide bonds. The zero-order chi connectivity index (χ0) is 21.4. The highest BCUT2D eigenvalue weighted by atomic mass is 32.2. The van der Waals surface area contributed by atoms with Crippen molar-refractivity contribution in [2.24, 2.45) is 5.92 Å². The van der Waals surface area contributed by atoms with Crippen LogP contribution in [0.4, 0.5) is 4.79 Å². The van der Waals surface area contributed by atoms with E-state index >= 15 is 0 Å². The van der Waals surface area contributed by atoms with Gasteiger partial charge in [0.25, 0.3) is 0 Å². The standard InChI is InChI=1S/C21H29N5O3S/c1-13-6-8-14(9-7-13)17-22-18-16(20(28)25(3)21(29)24(18)2)19(23-17)30-12-15(27)26-10-4-5-11-26/h6-9,16-19,22-23H,4-5,10-12H2,1-3H3. The van der Waals surface area contributed by atoms with Crippen LogP contribution in [0.25, 0.3) is 0 Å². The Labute approximate surface area is 181 Å². The molecule has 3 aliphatic heterocycles. The summed E-state index contributed by atoms with van der Waals surface area (Å²) >= 11 is 1.46. The lowest BCUT2D eigenvalue weighted by atomic mass is 9.96. The van der Waals surface area contributed by atoms with Gasteiger partial charge in [0, 0.05) is 27.2 Å². The van der Waals surface area contributed by atoms with E-state index in [1.807, 2.05) is 36.1 Å². The minimum absolute atomic E-state index is 0.113. The van der Waals surface area contributed by atoms with Crippen molar-refractivity contribution in [1.82, 2.24) is 25.3 Å². The molecule has 2 N–H and O–H groups in total. The quantitative estimate of drug-likeness (QED) is 0.748. The van der Waals surface area contributed by atoms with E-state index in [2.05, 4.69) is 10.6 Å². The molecule has 30 heavy (non-hydrogen) atoms. The van der Waals surface area contributed by atoms with Crippen LogP contribution < -0.4 is 10.6 Å². The van der Waals surface area contributed by atoms with Crippen molar-refractivity contribution >= 4 is 29.6 Å². The number of benzene rings is 1. The second-order valence-electron chi connectivity index (χ2n) is 8.26. The van der Waals surface area contributed by atoms with E-state index in [0.717, 1.165) is 37.1 Å². The monoisotopic (exact) mass is 431 g/mol. The number of thioether (sulfide) groups is 1. The molecular formula is C21H29N5O3S. The molecule has 4 rings (SSSR count). The van der Waals surface area contributed by atoms with Gasteiger partial charge in [-0.05, 0) is 25.3 Å². The molecule has 9 heteroatoms. The lowest BCUT2D eigenvalue weighted by Crippen LogP contribution is -2.72. The number of carbonyl (C=O) groups excluding carboxylic acids is 3. The van der Waals surface area contributed by atoms with E-state index in [4.69, 9.17) is 0 Å². The molecule has 0 aromatic heterocycles. The average Bonchev–Trinajstić information content (AvgIpc) is 3.29. The molecule has 0 radical (unpaired) electrons. The van der Waals surface area contributed by atoms with Gasteiger partial charge in [-0.2, -0.15) is 0 Å². The van der Waals surface area contributed by atoms with Crippen molar-refractivity contribution in [3.63, 3.8) is 0 Å². The van der Waals surface area contributed by atoms with E-state index in [1.54, 1.807) is 11.9 Å². The fraction of sp³-hybridized carbons (Fsp3) is 0.571. The molecule has 0 bridgehead atoms. The first-order valence-corrected chi connectivity index (χ1v) is 11.4. The summed E-state index contributed by atoms with van der Waals surface area (Å²) in [5.74, 6) is -0.273. The number of aryl methyl sites for hydroxylation is 1. The predicted molar refractivity (Wildman–Crippen MR) is 115 cm³/mol. The van der Waals surface area contributed by atoms with Crippen LogP contribution in [0, 0.1) is 12.8 Å². The zero-order valence-electron chi connectivity index (χ0n) is 17.6. The van der Waals surface area contributed by atoms with Crippen LogP contribution in [0.3, 0.4) is 0 Å². The van der Waals surface area contributed by atoms with E-state index < -0.39 is 12.1 Å². The van der Waals surface area contributed by atoms with Crippen LogP contribution in [-0.2, 0) is 9.59 Å². The smallest absolute Gasteiger partial charge is 0.327 e. The molecule has 3 fully saturated rings. The minimum Gasteiger partial charge on any atom is -0.342 e. The maximum absolute atomic E-state index is 13.0. The number of imide groups is 1. The predicted octanol–water partition coefficient (Wildman–Crippen LogP) is 1.33. The van der Waals surface area contributed by atoms with Gasteiger partial charge in [0.15, 0.2) is 0 Å². The summed E-state index contributed by atoms with van der Waals surface area (Å²) in [6, 6.07) is 7.83. The Morgan fingerprint density at radius 1 is 1.10 bits per heavy atom. The van der Waals surface area contributed by atoms with Gasteiger partial charge in [0.05, 0.1) is 29.4 Å². The van der Waals surface area contributed by atoms with Crippen molar-refractivity contribution in [2.45, 2.75) is 37.5 Å². The summed E-state index contributed by atoms with van der Waals surface area (Å²) in [5.41, 5.74) is 2.19. The first kappa shape index (κ1) is 21.1. The van der Waals surface area contributed by atoms with Crippen molar-refractivity contribution < 1.29 is 14.4 Å². The third-order valence-corrected chi connectivity index (χ3v) is 7.41. The normalized spacial score (nSPS) is 29.4. The number of carbonyl (C=O) groups is 3. The highest BCUT2D eigenvalue weighted by molar-refractivity contribution is 8.00. The summed E-state index contributed by atoms with van der Waals surface area (Å²) in [7, 11) is 3.23. The molecule has 3 aliphatic rings. The average molecular weight is 432 g/mol. The Hall–Kier alpha value is -2.10. The van der Waals surface area contributed by atoms with Crippen molar-refractivity contribution in [1.29, 1.82) is 0 Å². The van der Waals surface area contributed by atoms with E-state index in [1.165, 1.54) is 23.7 Å². The molecule has 0 spiro atoms. The Morgan fingerprint density at radius 2 is 1.77 bits per heavy atom. The first-order chi connectivity index (χ1) is 14.4. The number of nitrogens with zero attached hydrogens (tertiary/aromatic N) is 3. The number of hydrogen-bond acceptors (Lipinski definition) is 6. The molecule has 162 valence electrons. The number of hydrogen-bond donors (Lipinski definition) is 2. The van der Waals surface area contributed by atoms with Crippen LogP contribution in [0.5, 0.6) is 0 Å². The number of rotatable bonds is 4. The molecule has 0 saturated carbocycles. The van der Waals surface area contributed by atoms with Gasteiger partial charge in [0.1, 0.15) is 0 Å². The second-order valence-corrected chi connectivity index (χ2v) is 9.39. The minimum atomic E-state index is -0.476. The molecule has 4 unspecified atom stereocenters. The topological polar surface area (TPSA) is 85.0 Å². The van der Waals surface area contributed by atoms with Crippen LogP contribution in [-0.4, -0.2) is 77.0 Å². The summed E-state index contributed by atoms with van der Waals surface area (Å²) in [6.07, 6.45) is 1.45. The molecular weight excluding hydrogens is 402 g/mol. The fourth-order valence-electron chi connectivity index (χ4n) is 4.37. The van der Waals surface area contributed by atoms with E-state index in [-0.39, 0.29) is 29.4 Å². The number of nitrogens with one attached hydrogen (secondary N) is 2. The van der Waals surface area contributed by atoms with Gasteiger partial charge in [-0.15, -0.1) is 11.8 Å². The number of amides is 4. The van der Waals surface area contributed by atoms with Crippen LogP contribution in [0.1, 0.15) is 30.1 Å². The molecule has 8 nitrogen and oxygen atoms in total. The molecule has 0 aliphatic carbocycles.